The predicted molar refractivity (Wildman–Crippen MR) is 69.5 cm³/mol. The Kier molecular flexibility index (Phi) is 3.93. The summed E-state index contributed by atoms with van der Waals surface area (Å²) in [5.74, 6) is -2.94. The first-order chi connectivity index (χ1) is 9.47. The highest BCUT2D eigenvalue weighted by molar-refractivity contribution is 5.92. The van der Waals surface area contributed by atoms with E-state index in [2.05, 4.69) is 5.32 Å². The summed E-state index contributed by atoms with van der Waals surface area (Å²) in [5, 5.41) is 2.35. The fourth-order valence-corrected chi connectivity index (χ4v) is 1.67. The molecule has 20 heavy (non-hydrogen) atoms. The number of nitrogen functional groups attached to an aromatic ring is 1. The smallest absolute Gasteiger partial charge is 0.229 e. The highest BCUT2D eigenvalue weighted by Crippen LogP contribution is 2.17. The Balaban J connectivity index is 2.11. The highest BCUT2D eigenvalue weighted by atomic mass is 19.1. The molecular formula is C14H11F3N2O. The maximum atomic E-state index is 13.4. The largest absolute Gasteiger partial charge is 0.396 e. The topological polar surface area (TPSA) is 55.1 Å². The molecule has 2 rings (SSSR count). The van der Waals surface area contributed by atoms with Crippen LogP contribution in [0.25, 0.3) is 0 Å². The number of nitrogens with two attached hydrogens (primary N) is 1. The molecule has 0 aliphatic rings. The van der Waals surface area contributed by atoms with Crippen molar-refractivity contribution in [3.8, 4) is 0 Å². The van der Waals surface area contributed by atoms with E-state index in [0.717, 1.165) is 18.2 Å². The van der Waals surface area contributed by atoms with Gasteiger partial charge in [0.2, 0.25) is 5.91 Å². The van der Waals surface area contributed by atoms with Gasteiger partial charge < -0.3 is 11.1 Å². The monoisotopic (exact) mass is 280 g/mol. The molecule has 6 heteroatoms. The standard InChI is InChI=1S/C14H11F3N2O/c15-10-2-1-3-11(16)9(10)7-14(20)19-8-4-5-13(18)12(17)6-8/h1-6H,7,18H2,(H,19,20). The van der Waals surface area contributed by atoms with Gasteiger partial charge in [0.15, 0.2) is 0 Å². The molecule has 2 aromatic carbocycles. The van der Waals surface area contributed by atoms with Crippen LogP contribution in [-0.2, 0) is 11.2 Å². The molecule has 0 aliphatic carbocycles. The molecule has 0 atom stereocenters. The first-order valence-corrected chi connectivity index (χ1v) is 5.75. The summed E-state index contributed by atoms with van der Waals surface area (Å²) in [6, 6.07) is 7.05. The molecule has 1 amide bonds. The van der Waals surface area contributed by atoms with Crippen LogP contribution < -0.4 is 11.1 Å². The molecule has 0 spiro atoms. The van der Waals surface area contributed by atoms with Crippen molar-refractivity contribution >= 4 is 17.3 Å². The molecule has 0 aromatic heterocycles. The van der Waals surface area contributed by atoms with E-state index < -0.39 is 29.8 Å². The van der Waals surface area contributed by atoms with E-state index in [9.17, 15) is 18.0 Å². The van der Waals surface area contributed by atoms with E-state index in [-0.39, 0.29) is 16.9 Å². The Hall–Kier alpha value is -2.50. The van der Waals surface area contributed by atoms with E-state index in [1.807, 2.05) is 0 Å². The molecule has 3 nitrogen and oxygen atoms in total. The Morgan fingerprint density at radius 1 is 1.05 bits per heavy atom. The van der Waals surface area contributed by atoms with Crippen LogP contribution >= 0.6 is 0 Å². The molecule has 0 saturated carbocycles. The van der Waals surface area contributed by atoms with E-state index in [0.29, 0.717) is 0 Å². The number of hydrogen-bond donors (Lipinski definition) is 2. The summed E-state index contributed by atoms with van der Waals surface area (Å²) in [4.78, 5) is 11.7. The van der Waals surface area contributed by atoms with Crippen molar-refractivity contribution in [1.82, 2.24) is 0 Å². The van der Waals surface area contributed by atoms with Crippen LogP contribution in [-0.4, -0.2) is 5.91 Å². The lowest BCUT2D eigenvalue weighted by Gasteiger charge is -2.07. The number of rotatable bonds is 3. The summed E-state index contributed by atoms with van der Waals surface area (Å²) in [6.07, 6.45) is -0.482. The second kappa shape index (κ2) is 5.64. The fourth-order valence-electron chi connectivity index (χ4n) is 1.67. The minimum Gasteiger partial charge on any atom is -0.396 e. The lowest BCUT2D eigenvalue weighted by atomic mass is 10.1. The molecule has 104 valence electrons. The van der Waals surface area contributed by atoms with Crippen molar-refractivity contribution in [1.29, 1.82) is 0 Å². The molecule has 0 radical (unpaired) electrons. The van der Waals surface area contributed by atoms with Crippen LogP contribution in [0, 0.1) is 17.5 Å². The highest BCUT2D eigenvalue weighted by Gasteiger charge is 2.13. The second-order valence-electron chi connectivity index (χ2n) is 4.16. The predicted octanol–water partition coefficient (Wildman–Crippen LogP) is 2.87. The Morgan fingerprint density at radius 3 is 2.30 bits per heavy atom. The first kappa shape index (κ1) is 13.9. The lowest BCUT2D eigenvalue weighted by molar-refractivity contribution is -0.115. The summed E-state index contributed by atoms with van der Waals surface area (Å²) in [5.41, 5.74) is 5.08. The van der Waals surface area contributed by atoms with Gasteiger partial charge in [0, 0.05) is 11.3 Å². The number of benzene rings is 2. The van der Waals surface area contributed by atoms with Gasteiger partial charge in [-0.2, -0.15) is 0 Å². The third-order valence-electron chi connectivity index (χ3n) is 2.68. The van der Waals surface area contributed by atoms with E-state index in [1.165, 1.54) is 18.2 Å². The maximum Gasteiger partial charge on any atom is 0.229 e. The summed E-state index contributed by atoms with van der Waals surface area (Å²) in [7, 11) is 0. The van der Waals surface area contributed by atoms with Gasteiger partial charge in [-0.1, -0.05) is 6.07 Å². The van der Waals surface area contributed by atoms with Crippen LogP contribution in [0.4, 0.5) is 24.5 Å². The lowest BCUT2D eigenvalue weighted by Crippen LogP contribution is -2.16. The summed E-state index contributed by atoms with van der Waals surface area (Å²) < 4.78 is 39.9. The van der Waals surface area contributed by atoms with Crippen molar-refractivity contribution in [2.75, 3.05) is 11.1 Å². The average Bonchev–Trinajstić information content (AvgIpc) is 2.38. The number of hydrogen-bond acceptors (Lipinski definition) is 2. The van der Waals surface area contributed by atoms with Crippen molar-refractivity contribution in [2.24, 2.45) is 0 Å². The number of halogens is 3. The quantitative estimate of drug-likeness (QED) is 0.849. The van der Waals surface area contributed by atoms with Gasteiger partial charge in [-0.15, -0.1) is 0 Å². The average molecular weight is 280 g/mol. The molecule has 0 unspecified atom stereocenters. The summed E-state index contributed by atoms with van der Waals surface area (Å²) >= 11 is 0. The van der Waals surface area contributed by atoms with Gasteiger partial charge in [-0.25, -0.2) is 13.2 Å². The molecular weight excluding hydrogens is 269 g/mol. The molecule has 0 bridgehead atoms. The zero-order valence-corrected chi connectivity index (χ0v) is 10.3. The Bertz CT molecular complexity index is 639. The zero-order valence-electron chi connectivity index (χ0n) is 10.3. The molecule has 3 N–H and O–H groups in total. The number of carbonyl (C=O) groups excluding carboxylic acids is 1. The molecule has 0 aliphatic heterocycles. The Labute approximate surface area is 113 Å². The number of carbonyl (C=O) groups is 1. The first-order valence-electron chi connectivity index (χ1n) is 5.75. The van der Waals surface area contributed by atoms with Crippen LogP contribution in [0.3, 0.4) is 0 Å². The van der Waals surface area contributed by atoms with Crippen molar-refractivity contribution in [2.45, 2.75) is 6.42 Å². The van der Waals surface area contributed by atoms with E-state index in [1.54, 1.807) is 0 Å². The van der Waals surface area contributed by atoms with Crippen molar-refractivity contribution in [3.63, 3.8) is 0 Å². The zero-order chi connectivity index (χ0) is 14.7. The second-order valence-corrected chi connectivity index (χ2v) is 4.16. The summed E-state index contributed by atoms with van der Waals surface area (Å²) in [6.45, 7) is 0. The van der Waals surface area contributed by atoms with E-state index in [4.69, 9.17) is 5.73 Å². The minimum absolute atomic E-state index is 0.0526. The third-order valence-corrected chi connectivity index (χ3v) is 2.68. The number of anilines is 2. The van der Waals surface area contributed by atoms with Gasteiger partial charge in [0.05, 0.1) is 12.1 Å². The van der Waals surface area contributed by atoms with Crippen LogP contribution in [0.5, 0.6) is 0 Å². The van der Waals surface area contributed by atoms with Crippen LogP contribution in [0.2, 0.25) is 0 Å². The van der Waals surface area contributed by atoms with Gasteiger partial charge in [-0.05, 0) is 30.3 Å². The molecule has 0 heterocycles. The van der Waals surface area contributed by atoms with Crippen LogP contribution in [0.1, 0.15) is 5.56 Å². The van der Waals surface area contributed by atoms with Gasteiger partial charge in [-0.3, -0.25) is 4.79 Å². The Morgan fingerprint density at radius 2 is 1.70 bits per heavy atom. The molecule has 0 fully saturated rings. The fraction of sp³-hybridized carbons (Fsp3) is 0.0714. The van der Waals surface area contributed by atoms with E-state index >= 15 is 0 Å². The number of amides is 1. The van der Waals surface area contributed by atoms with Crippen molar-refractivity contribution < 1.29 is 18.0 Å². The molecule has 2 aromatic rings. The maximum absolute atomic E-state index is 13.4. The van der Waals surface area contributed by atoms with Crippen molar-refractivity contribution in [3.05, 3.63) is 59.4 Å². The van der Waals surface area contributed by atoms with Gasteiger partial charge in [0.25, 0.3) is 0 Å². The normalized spacial score (nSPS) is 10.3. The third kappa shape index (κ3) is 3.09. The molecule has 0 saturated heterocycles. The van der Waals surface area contributed by atoms with Gasteiger partial charge >= 0.3 is 0 Å². The minimum atomic E-state index is -0.802. The SMILES string of the molecule is Nc1ccc(NC(=O)Cc2c(F)cccc2F)cc1F. The van der Waals surface area contributed by atoms with Crippen LogP contribution in [0.15, 0.2) is 36.4 Å². The number of nitrogens with one attached hydrogen (secondary N) is 1. The van der Waals surface area contributed by atoms with Gasteiger partial charge in [0.1, 0.15) is 17.5 Å².